The van der Waals surface area contributed by atoms with E-state index in [2.05, 4.69) is 9.97 Å². The van der Waals surface area contributed by atoms with Gasteiger partial charge >= 0.3 is 0 Å². The Kier molecular flexibility index (Phi) is 5.08. The predicted octanol–water partition coefficient (Wildman–Crippen LogP) is 1.85. The van der Waals surface area contributed by atoms with Crippen LogP contribution in [0.4, 0.5) is 0 Å². The lowest BCUT2D eigenvalue weighted by Crippen LogP contribution is -2.33. The molecule has 2 aromatic rings. The Morgan fingerprint density at radius 3 is 2.81 bits per heavy atom. The van der Waals surface area contributed by atoms with Crippen LogP contribution in [0.15, 0.2) is 6.33 Å². The van der Waals surface area contributed by atoms with Gasteiger partial charge in [-0.3, -0.25) is 4.79 Å². The van der Waals surface area contributed by atoms with E-state index in [1.54, 1.807) is 4.90 Å². The highest BCUT2D eigenvalue weighted by Crippen LogP contribution is 2.34. The van der Waals surface area contributed by atoms with Crippen LogP contribution in [0.1, 0.15) is 29.1 Å². The molecule has 2 aromatic heterocycles. The maximum absolute atomic E-state index is 12.6. The molecule has 0 saturated heterocycles. The summed E-state index contributed by atoms with van der Waals surface area (Å²) in [5.74, 6) is 0.426. The van der Waals surface area contributed by atoms with Crippen molar-refractivity contribution in [1.29, 1.82) is 0 Å². The first-order valence-electron chi connectivity index (χ1n) is 6.91. The van der Waals surface area contributed by atoms with E-state index >= 15 is 0 Å². The number of carbonyl (C=O) groups is 1. The minimum Gasteiger partial charge on any atom is -0.477 e. The molecule has 1 N–H and O–H groups in total. The minimum absolute atomic E-state index is 0.0481. The summed E-state index contributed by atoms with van der Waals surface area (Å²) < 4.78 is 5.52. The molecule has 2 rings (SSSR count). The van der Waals surface area contributed by atoms with Crippen molar-refractivity contribution >= 4 is 27.5 Å². The van der Waals surface area contributed by atoms with Gasteiger partial charge in [0.05, 0.1) is 23.5 Å². The molecule has 0 bridgehead atoms. The van der Waals surface area contributed by atoms with Gasteiger partial charge in [-0.2, -0.15) is 0 Å². The highest BCUT2D eigenvalue weighted by molar-refractivity contribution is 7.20. The first-order chi connectivity index (χ1) is 10.1. The second-order valence-electron chi connectivity index (χ2n) is 4.46. The molecule has 0 aliphatic carbocycles. The summed E-state index contributed by atoms with van der Waals surface area (Å²) in [4.78, 5) is 23.9. The van der Waals surface area contributed by atoms with E-state index in [0.717, 1.165) is 15.8 Å². The molecule has 0 atom stereocenters. The number of thiophene rings is 1. The van der Waals surface area contributed by atoms with E-state index in [0.29, 0.717) is 30.5 Å². The van der Waals surface area contributed by atoms with Gasteiger partial charge in [0.1, 0.15) is 11.2 Å². The number of aromatic nitrogens is 2. The fourth-order valence-electron chi connectivity index (χ4n) is 2.16. The number of likely N-dealkylation sites (N-methyl/N-ethyl adjacent to an activating group) is 1. The number of aryl methyl sites for hydroxylation is 1. The van der Waals surface area contributed by atoms with Crippen LogP contribution in [-0.2, 0) is 0 Å². The van der Waals surface area contributed by atoms with Gasteiger partial charge in [-0.15, -0.1) is 11.3 Å². The lowest BCUT2D eigenvalue weighted by Gasteiger charge is -2.19. The second-order valence-corrected chi connectivity index (χ2v) is 5.46. The third-order valence-electron chi connectivity index (χ3n) is 3.21. The number of rotatable bonds is 6. The maximum atomic E-state index is 12.6. The van der Waals surface area contributed by atoms with E-state index < -0.39 is 0 Å². The average molecular weight is 309 g/mol. The van der Waals surface area contributed by atoms with E-state index in [4.69, 9.17) is 9.84 Å². The van der Waals surface area contributed by atoms with Crippen LogP contribution in [-0.4, -0.2) is 52.2 Å². The Morgan fingerprint density at radius 2 is 2.19 bits per heavy atom. The zero-order chi connectivity index (χ0) is 15.4. The maximum Gasteiger partial charge on any atom is 0.264 e. The predicted molar refractivity (Wildman–Crippen MR) is 82.0 cm³/mol. The summed E-state index contributed by atoms with van der Waals surface area (Å²) in [5.41, 5.74) is 0.834. The van der Waals surface area contributed by atoms with Gasteiger partial charge in [-0.25, -0.2) is 9.97 Å². The summed E-state index contributed by atoms with van der Waals surface area (Å²) in [6.07, 6.45) is 1.45. The molecule has 0 unspecified atom stereocenters. The molecule has 0 radical (unpaired) electrons. The SMILES string of the molecule is CCOc1ncnc2sc(C(=O)N(CC)CCO)c(C)c12. The Bertz CT molecular complexity index is 642. The van der Waals surface area contributed by atoms with E-state index in [1.807, 2.05) is 20.8 Å². The van der Waals surface area contributed by atoms with Crippen molar-refractivity contribution in [3.05, 3.63) is 16.8 Å². The number of hydrogen-bond acceptors (Lipinski definition) is 6. The fourth-order valence-corrected chi connectivity index (χ4v) is 3.26. The molecule has 0 fully saturated rings. The molecule has 6 nitrogen and oxygen atoms in total. The van der Waals surface area contributed by atoms with Crippen molar-refractivity contribution in [3.8, 4) is 5.88 Å². The van der Waals surface area contributed by atoms with Crippen molar-refractivity contribution in [2.45, 2.75) is 20.8 Å². The smallest absolute Gasteiger partial charge is 0.264 e. The summed E-state index contributed by atoms with van der Waals surface area (Å²) >= 11 is 1.34. The largest absolute Gasteiger partial charge is 0.477 e. The van der Waals surface area contributed by atoms with Crippen LogP contribution in [0.3, 0.4) is 0 Å². The molecule has 7 heteroatoms. The monoisotopic (exact) mass is 309 g/mol. The fraction of sp³-hybridized carbons (Fsp3) is 0.500. The van der Waals surface area contributed by atoms with E-state index in [9.17, 15) is 4.79 Å². The third kappa shape index (κ3) is 2.98. The molecule has 1 amide bonds. The van der Waals surface area contributed by atoms with Gasteiger partial charge in [-0.05, 0) is 26.3 Å². The molecule has 0 spiro atoms. The number of carbonyl (C=O) groups excluding carboxylic acids is 1. The van der Waals surface area contributed by atoms with Crippen molar-refractivity contribution in [1.82, 2.24) is 14.9 Å². The number of hydrogen-bond donors (Lipinski definition) is 1. The van der Waals surface area contributed by atoms with Gasteiger partial charge in [0.15, 0.2) is 0 Å². The van der Waals surface area contributed by atoms with Gasteiger partial charge in [-0.1, -0.05) is 0 Å². The first kappa shape index (κ1) is 15.7. The molecule has 114 valence electrons. The van der Waals surface area contributed by atoms with Crippen LogP contribution in [0.25, 0.3) is 10.2 Å². The van der Waals surface area contributed by atoms with Crippen LogP contribution in [0.2, 0.25) is 0 Å². The summed E-state index contributed by atoms with van der Waals surface area (Å²) in [7, 11) is 0. The van der Waals surface area contributed by atoms with Crippen LogP contribution in [0.5, 0.6) is 5.88 Å². The number of nitrogens with zero attached hydrogens (tertiary/aromatic N) is 3. The van der Waals surface area contributed by atoms with E-state index in [1.165, 1.54) is 17.7 Å². The van der Waals surface area contributed by atoms with Crippen molar-refractivity contribution in [2.24, 2.45) is 0 Å². The number of aliphatic hydroxyl groups is 1. The van der Waals surface area contributed by atoms with Gasteiger partial charge in [0.25, 0.3) is 5.91 Å². The van der Waals surface area contributed by atoms with Crippen molar-refractivity contribution < 1.29 is 14.6 Å². The Hall–Kier alpha value is -1.73. The zero-order valence-electron chi connectivity index (χ0n) is 12.4. The lowest BCUT2D eigenvalue weighted by atomic mass is 10.2. The lowest BCUT2D eigenvalue weighted by molar-refractivity contribution is 0.0736. The number of aliphatic hydroxyl groups excluding tert-OH is 1. The van der Waals surface area contributed by atoms with Gasteiger partial charge in [0, 0.05) is 13.1 Å². The first-order valence-corrected chi connectivity index (χ1v) is 7.72. The normalized spacial score (nSPS) is 10.9. The summed E-state index contributed by atoms with van der Waals surface area (Å²) in [6, 6.07) is 0. The van der Waals surface area contributed by atoms with Crippen LogP contribution < -0.4 is 4.74 Å². The number of ether oxygens (including phenoxy) is 1. The minimum atomic E-state index is -0.0884. The summed E-state index contributed by atoms with van der Waals surface area (Å²) in [5, 5.41) is 9.85. The molecule has 0 aromatic carbocycles. The third-order valence-corrected chi connectivity index (χ3v) is 4.39. The molecule has 0 aliphatic heterocycles. The van der Waals surface area contributed by atoms with Crippen LogP contribution >= 0.6 is 11.3 Å². The zero-order valence-corrected chi connectivity index (χ0v) is 13.2. The Labute approximate surface area is 127 Å². The molecule has 0 saturated carbocycles. The Balaban J connectivity index is 2.48. The Morgan fingerprint density at radius 1 is 1.43 bits per heavy atom. The van der Waals surface area contributed by atoms with Gasteiger partial charge < -0.3 is 14.7 Å². The van der Waals surface area contributed by atoms with Crippen LogP contribution in [0, 0.1) is 6.92 Å². The topological polar surface area (TPSA) is 75.6 Å². The molecule has 2 heterocycles. The number of amides is 1. The number of fused-ring (bicyclic) bond motifs is 1. The molecular weight excluding hydrogens is 290 g/mol. The highest BCUT2D eigenvalue weighted by atomic mass is 32.1. The molecular formula is C14H19N3O3S. The van der Waals surface area contributed by atoms with Crippen molar-refractivity contribution in [3.63, 3.8) is 0 Å². The van der Waals surface area contributed by atoms with Gasteiger partial charge in [0.2, 0.25) is 5.88 Å². The quantitative estimate of drug-likeness (QED) is 0.881. The second kappa shape index (κ2) is 6.82. The highest BCUT2D eigenvalue weighted by Gasteiger charge is 2.23. The molecule has 0 aliphatic rings. The average Bonchev–Trinajstić information content (AvgIpc) is 2.83. The summed E-state index contributed by atoms with van der Waals surface area (Å²) in [6.45, 7) is 7.00. The molecule has 21 heavy (non-hydrogen) atoms. The standard InChI is InChI=1S/C14H19N3O3S/c1-4-17(6-7-18)14(19)11-9(3)10-12(20-5-2)15-8-16-13(10)21-11/h8,18H,4-7H2,1-3H3. The van der Waals surface area contributed by atoms with E-state index in [-0.39, 0.29) is 12.5 Å². The van der Waals surface area contributed by atoms with Crippen molar-refractivity contribution in [2.75, 3.05) is 26.3 Å².